The normalized spacial score (nSPS) is 12.1. The molecule has 140 valence electrons. The Hall–Kier alpha value is -3.35. The van der Waals surface area contributed by atoms with Gasteiger partial charge < -0.3 is 28.3 Å². The van der Waals surface area contributed by atoms with Crippen molar-refractivity contribution in [3.63, 3.8) is 0 Å². The summed E-state index contributed by atoms with van der Waals surface area (Å²) in [4.78, 5) is 4.51. The Bertz CT molecular complexity index is 942. The van der Waals surface area contributed by atoms with Crippen molar-refractivity contribution < 1.29 is 23.7 Å². The Morgan fingerprint density at radius 1 is 0.963 bits per heavy atom. The van der Waals surface area contributed by atoms with Crippen molar-refractivity contribution in [3.8, 4) is 40.1 Å². The van der Waals surface area contributed by atoms with E-state index in [0.29, 0.717) is 23.8 Å². The van der Waals surface area contributed by atoms with Crippen LogP contribution in [-0.2, 0) is 6.54 Å². The molecule has 27 heavy (non-hydrogen) atoms. The molecule has 0 radical (unpaired) electrons. The van der Waals surface area contributed by atoms with E-state index in [1.807, 2.05) is 36.5 Å². The Balaban J connectivity index is 1.68. The molecule has 0 unspecified atom stereocenters. The zero-order valence-electron chi connectivity index (χ0n) is 15.4. The summed E-state index contributed by atoms with van der Waals surface area (Å²) in [7, 11) is 4.81. The lowest BCUT2D eigenvalue weighted by Crippen LogP contribution is -2.03. The Morgan fingerprint density at radius 3 is 2.41 bits per heavy atom. The van der Waals surface area contributed by atoms with Crippen molar-refractivity contribution in [1.82, 2.24) is 9.55 Å². The molecule has 0 N–H and O–H groups in total. The quantitative estimate of drug-likeness (QED) is 0.665. The van der Waals surface area contributed by atoms with Gasteiger partial charge in [0.05, 0.1) is 21.3 Å². The minimum atomic E-state index is 0.249. The average molecular weight is 368 g/mol. The number of benzene rings is 2. The molecule has 7 heteroatoms. The van der Waals surface area contributed by atoms with Gasteiger partial charge in [0.1, 0.15) is 5.82 Å². The highest BCUT2D eigenvalue weighted by atomic mass is 16.7. The van der Waals surface area contributed by atoms with Gasteiger partial charge in [-0.05, 0) is 35.9 Å². The summed E-state index contributed by atoms with van der Waals surface area (Å²) in [5.74, 6) is 4.14. The number of methoxy groups -OCH3 is 3. The molecule has 2 heterocycles. The first-order valence-corrected chi connectivity index (χ1v) is 8.43. The fourth-order valence-corrected chi connectivity index (χ4v) is 3.16. The molecule has 0 atom stereocenters. The third kappa shape index (κ3) is 3.12. The molecular weight excluding hydrogens is 348 g/mol. The van der Waals surface area contributed by atoms with Gasteiger partial charge in [0.2, 0.25) is 12.5 Å². The summed E-state index contributed by atoms with van der Waals surface area (Å²) in [6.07, 6.45) is 3.71. The van der Waals surface area contributed by atoms with E-state index in [2.05, 4.69) is 9.55 Å². The highest BCUT2D eigenvalue weighted by molar-refractivity contribution is 5.62. The monoisotopic (exact) mass is 368 g/mol. The number of imidazole rings is 1. The number of rotatable bonds is 6. The molecule has 2 aromatic carbocycles. The van der Waals surface area contributed by atoms with Crippen LogP contribution in [0.15, 0.2) is 42.7 Å². The predicted molar refractivity (Wildman–Crippen MR) is 99.0 cm³/mol. The first kappa shape index (κ1) is 17.1. The van der Waals surface area contributed by atoms with E-state index in [4.69, 9.17) is 23.7 Å². The number of hydrogen-bond acceptors (Lipinski definition) is 6. The van der Waals surface area contributed by atoms with Gasteiger partial charge in [-0.3, -0.25) is 0 Å². The van der Waals surface area contributed by atoms with Crippen LogP contribution in [0.1, 0.15) is 5.56 Å². The molecule has 3 aromatic rings. The second-order valence-corrected chi connectivity index (χ2v) is 5.98. The highest BCUT2D eigenvalue weighted by Crippen LogP contribution is 2.39. The molecule has 1 aliphatic heterocycles. The van der Waals surface area contributed by atoms with Gasteiger partial charge in [0, 0.05) is 24.5 Å². The first-order chi connectivity index (χ1) is 13.2. The number of ether oxygens (including phenoxy) is 5. The van der Waals surface area contributed by atoms with Gasteiger partial charge in [-0.1, -0.05) is 0 Å². The van der Waals surface area contributed by atoms with Crippen LogP contribution in [0.5, 0.6) is 28.7 Å². The Labute approximate surface area is 157 Å². The smallest absolute Gasteiger partial charge is 0.231 e. The number of hydrogen-bond donors (Lipinski definition) is 0. The van der Waals surface area contributed by atoms with E-state index in [9.17, 15) is 0 Å². The van der Waals surface area contributed by atoms with Gasteiger partial charge in [-0.25, -0.2) is 4.98 Å². The molecule has 0 amide bonds. The predicted octanol–water partition coefficient (Wildman–Crippen LogP) is 3.35. The fraction of sp³-hybridized carbons (Fsp3) is 0.250. The van der Waals surface area contributed by atoms with E-state index in [0.717, 1.165) is 28.5 Å². The third-order valence-corrected chi connectivity index (χ3v) is 4.42. The number of aromatic nitrogens is 2. The maximum absolute atomic E-state index is 5.48. The molecule has 1 aliphatic rings. The van der Waals surface area contributed by atoms with Gasteiger partial charge in [0.15, 0.2) is 23.0 Å². The summed E-state index contributed by atoms with van der Waals surface area (Å²) >= 11 is 0. The van der Waals surface area contributed by atoms with Crippen molar-refractivity contribution in [1.29, 1.82) is 0 Å². The summed E-state index contributed by atoms with van der Waals surface area (Å²) in [5, 5.41) is 0. The minimum Gasteiger partial charge on any atom is -0.493 e. The molecule has 4 rings (SSSR count). The van der Waals surface area contributed by atoms with E-state index < -0.39 is 0 Å². The lowest BCUT2D eigenvalue weighted by molar-refractivity contribution is 0.174. The minimum absolute atomic E-state index is 0.249. The lowest BCUT2D eigenvalue weighted by Gasteiger charge is -2.15. The van der Waals surface area contributed by atoms with Crippen LogP contribution in [0.4, 0.5) is 0 Å². The standard InChI is InChI=1S/C20H20N2O5/c1-23-17-8-13(9-18(24-2)19(17)25-3)11-22-7-6-21-20(22)14-4-5-15-16(10-14)27-12-26-15/h4-10H,11-12H2,1-3H3. The third-order valence-electron chi connectivity index (χ3n) is 4.42. The van der Waals surface area contributed by atoms with Gasteiger partial charge in [-0.15, -0.1) is 0 Å². The molecule has 0 spiro atoms. The largest absolute Gasteiger partial charge is 0.493 e. The van der Waals surface area contributed by atoms with Crippen LogP contribution in [0.25, 0.3) is 11.4 Å². The molecule has 0 saturated carbocycles. The van der Waals surface area contributed by atoms with Crippen molar-refractivity contribution in [3.05, 3.63) is 48.3 Å². The zero-order chi connectivity index (χ0) is 18.8. The summed E-state index contributed by atoms with van der Waals surface area (Å²) in [6.45, 7) is 0.846. The van der Waals surface area contributed by atoms with Gasteiger partial charge >= 0.3 is 0 Å². The maximum atomic E-state index is 5.48. The van der Waals surface area contributed by atoms with Crippen LogP contribution in [-0.4, -0.2) is 37.7 Å². The number of nitrogens with zero attached hydrogens (tertiary/aromatic N) is 2. The zero-order valence-corrected chi connectivity index (χ0v) is 15.4. The molecular formula is C20H20N2O5. The molecule has 7 nitrogen and oxygen atoms in total. The number of fused-ring (bicyclic) bond motifs is 1. The SMILES string of the molecule is COc1cc(Cn2ccnc2-c2ccc3c(c2)OCO3)cc(OC)c1OC. The fourth-order valence-electron chi connectivity index (χ4n) is 3.16. The lowest BCUT2D eigenvalue weighted by atomic mass is 10.1. The summed E-state index contributed by atoms with van der Waals surface area (Å²) < 4.78 is 29.2. The van der Waals surface area contributed by atoms with Gasteiger partial charge in [-0.2, -0.15) is 0 Å². The maximum Gasteiger partial charge on any atom is 0.231 e. The van der Waals surface area contributed by atoms with E-state index >= 15 is 0 Å². The Morgan fingerprint density at radius 2 is 1.70 bits per heavy atom. The molecule has 0 fully saturated rings. The topological polar surface area (TPSA) is 64.0 Å². The molecule has 0 saturated heterocycles. The van der Waals surface area contributed by atoms with E-state index in [1.54, 1.807) is 27.5 Å². The van der Waals surface area contributed by atoms with Crippen molar-refractivity contribution in [2.75, 3.05) is 28.1 Å². The van der Waals surface area contributed by atoms with Crippen LogP contribution in [0, 0.1) is 0 Å². The molecule has 0 bridgehead atoms. The van der Waals surface area contributed by atoms with E-state index in [-0.39, 0.29) is 6.79 Å². The summed E-state index contributed by atoms with van der Waals surface area (Å²) in [5.41, 5.74) is 1.96. The van der Waals surface area contributed by atoms with E-state index in [1.165, 1.54) is 0 Å². The summed E-state index contributed by atoms with van der Waals surface area (Å²) in [6, 6.07) is 9.68. The van der Waals surface area contributed by atoms with Crippen molar-refractivity contribution >= 4 is 0 Å². The Kier molecular flexibility index (Phi) is 4.50. The highest BCUT2D eigenvalue weighted by Gasteiger charge is 2.17. The van der Waals surface area contributed by atoms with Crippen LogP contribution in [0.2, 0.25) is 0 Å². The second-order valence-electron chi connectivity index (χ2n) is 5.98. The van der Waals surface area contributed by atoms with Crippen LogP contribution >= 0.6 is 0 Å². The average Bonchev–Trinajstić information content (AvgIpc) is 3.35. The van der Waals surface area contributed by atoms with Crippen LogP contribution in [0.3, 0.4) is 0 Å². The van der Waals surface area contributed by atoms with Gasteiger partial charge in [0.25, 0.3) is 0 Å². The van der Waals surface area contributed by atoms with Crippen molar-refractivity contribution in [2.24, 2.45) is 0 Å². The van der Waals surface area contributed by atoms with Crippen LogP contribution < -0.4 is 23.7 Å². The van der Waals surface area contributed by atoms with Crippen molar-refractivity contribution in [2.45, 2.75) is 6.54 Å². The second kappa shape index (κ2) is 7.11. The molecule has 1 aromatic heterocycles. The molecule has 0 aliphatic carbocycles. The first-order valence-electron chi connectivity index (χ1n) is 8.43.